The van der Waals surface area contributed by atoms with E-state index in [1.165, 1.54) is 0 Å². The predicted molar refractivity (Wildman–Crippen MR) is 76.2 cm³/mol. The fourth-order valence-corrected chi connectivity index (χ4v) is 3.50. The van der Waals surface area contributed by atoms with E-state index in [0.29, 0.717) is 22.0 Å². The third-order valence-corrected chi connectivity index (χ3v) is 4.87. The number of halogens is 1. The molecule has 0 aliphatic carbocycles. The average Bonchev–Trinajstić information content (AvgIpc) is 2.77. The van der Waals surface area contributed by atoms with E-state index in [1.54, 1.807) is 32.0 Å². The van der Waals surface area contributed by atoms with E-state index in [1.807, 2.05) is 0 Å². The lowest BCUT2D eigenvalue weighted by atomic mass is 10.2. The molecule has 0 saturated carbocycles. The molecule has 2 aromatic rings. The first-order valence-corrected chi connectivity index (χ1v) is 7.65. The minimum absolute atomic E-state index is 0.0422. The van der Waals surface area contributed by atoms with Crippen molar-refractivity contribution in [3.63, 3.8) is 0 Å². The van der Waals surface area contributed by atoms with Gasteiger partial charge in [0.2, 0.25) is 0 Å². The van der Waals surface area contributed by atoms with Crippen molar-refractivity contribution in [2.45, 2.75) is 25.3 Å². The van der Waals surface area contributed by atoms with Gasteiger partial charge in [0, 0.05) is 5.02 Å². The molecule has 20 heavy (non-hydrogen) atoms. The van der Waals surface area contributed by atoms with Gasteiger partial charge < -0.3 is 5.11 Å². The second kappa shape index (κ2) is 5.43. The van der Waals surface area contributed by atoms with E-state index in [4.69, 9.17) is 16.7 Å². The Hall–Kier alpha value is -1.57. The quantitative estimate of drug-likeness (QED) is 0.804. The van der Waals surface area contributed by atoms with Crippen molar-refractivity contribution in [2.24, 2.45) is 0 Å². The lowest BCUT2D eigenvalue weighted by Gasteiger charge is -2.11. The monoisotopic (exact) mass is 315 g/mol. The summed E-state index contributed by atoms with van der Waals surface area (Å²) in [6, 6.07) is 4.95. The van der Waals surface area contributed by atoms with Crippen molar-refractivity contribution in [1.82, 2.24) is 10.2 Å². The first-order valence-electron chi connectivity index (χ1n) is 5.79. The van der Waals surface area contributed by atoms with Crippen molar-refractivity contribution >= 4 is 27.3 Å². The predicted octanol–water partition coefficient (Wildman–Crippen LogP) is 1.97. The highest BCUT2D eigenvalue weighted by Gasteiger charge is 2.24. The van der Waals surface area contributed by atoms with Crippen LogP contribution in [0.4, 0.5) is 5.69 Å². The smallest absolute Gasteiger partial charge is 0.265 e. The molecular weight excluding hydrogens is 302 g/mol. The molecule has 1 aromatic heterocycles. The number of aliphatic hydroxyl groups is 1. The molecule has 8 heteroatoms. The van der Waals surface area contributed by atoms with Crippen molar-refractivity contribution in [2.75, 3.05) is 4.72 Å². The third-order valence-electron chi connectivity index (χ3n) is 2.89. The van der Waals surface area contributed by atoms with Gasteiger partial charge in [0.05, 0.1) is 18.0 Å². The summed E-state index contributed by atoms with van der Waals surface area (Å²) in [6.45, 7) is 2.83. The van der Waals surface area contributed by atoms with Crippen LogP contribution in [-0.4, -0.2) is 23.7 Å². The van der Waals surface area contributed by atoms with E-state index in [2.05, 4.69) is 14.9 Å². The number of hydrogen-bond acceptors (Lipinski definition) is 4. The van der Waals surface area contributed by atoms with Crippen molar-refractivity contribution < 1.29 is 13.5 Å². The van der Waals surface area contributed by atoms with Gasteiger partial charge in [-0.3, -0.25) is 9.82 Å². The summed E-state index contributed by atoms with van der Waals surface area (Å²) in [5.74, 6) is 0. The molecular formula is C12H14ClN3O3S. The van der Waals surface area contributed by atoms with Crippen LogP contribution in [0.25, 0.3) is 0 Å². The molecule has 3 N–H and O–H groups in total. The fourth-order valence-electron chi connectivity index (χ4n) is 1.85. The van der Waals surface area contributed by atoms with E-state index in [9.17, 15) is 8.42 Å². The number of benzene rings is 1. The van der Waals surface area contributed by atoms with Gasteiger partial charge in [0.15, 0.2) is 0 Å². The molecule has 0 amide bonds. The van der Waals surface area contributed by atoms with Crippen LogP contribution in [0, 0.1) is 13.8 Å². The SMILES string of the molecule is Cc1[nH]nc(CO)c1S(=O)(=O)Nc1cccc(Cl)c1C. The fraction of sp³-hybridized carbons (Fsp3) is 0.250. The number of rotatable bonds is 4. The Morgan fingerprint density at radius 3 is 2.75 bits per heavy atom. The molecule has 0 aliphatic rings. The summed E-state index contributed by atoms with van der Waals surface area (Å²) in [5.41, 5.74) is 1.46. The Balaban J connectivity index is 2.46. The number of sulfonamides is 1. The highest BCUT2D eigenvalue weighted by Crippen LogP contribution is 2.27. The molecule has 0 spiro atoms. The Kier molecular flexibility index (Phi) is 4.03. The molecule has 0 fully saturated rings. The molecule has 1 aromatic carbocycles. The minimum Gasteiger partial charge on any atom is -0.390 e. The molecule has 0 bridgehead atoms. The highest BCUT2D eigenvalue weighted by atomic mass is 35.5. The number of aromatic amines is 1. The van der Waals surface area contributed by atoms with Gasteiger partial charge in [-0.15, -0.1) is 0 Å². The Morgan fingerprint density at radius 2 is 2.10 bits per heavy atom. The Labute approximate surface area is 121 Å². The Bertz CT molecular complexity index is 740. The summed E-state index contributed by atoms with van der Waals surface area (Å²) in [6.07, 6.45) is 0. The van der Waals surface area contributed by atoms with Gasteiger partial charge in [0.1, 0.15) is 10.6 Å². The summed E-state index contributed by atoms with van der Waals surface area (Å²) in [7, 11) is -3.85. The number of H-pyrrole nitrogens is 1. The van der Waals surface area contributed by atoms with Crippen LogP contribution in [0.1, 0.15) is 17.0 Å². The van der Waals surface area contributed by atoms with Crippen LogP contribution in [0.15, 0.2) is 23.1 Å². The second-order valence-corrected chi connectivity index (χ2v) is 6.33. The summed E-state index contributed by atoms with van der Waals surface area (Å²) in [5, 5.41) is 15.9. The van der Waals surface area contributed by atoms with E-state index in [0.717, 1.165) is 0 Å². The van der Waals surface area contributed by atoms with Crippen molar-refractivity contribution in [1.29, 1.82) is 0 Å². The van der Waals surface area contributed by atoms with Gasteiger partial charge in [-0.1, -0.05) is 17.7 Å². The normalized spacial score (nSPS) is 11.6. The first-order chi connectivity index (χ1) is 9.36. The number of hydrogen-bond donors (Lipinski definition) is 3. The maximum atomic E-state index is 12.4. The highest BCUT2D eigenvalue weighted by molar-refractivity contribution is 7.92. The number of aryl methyl sites for hydroxylation is 1. The van der Waals surface area contributed by atoms with Crippen molar-refractivity contribution in [3.8, 4) is 0 Å². The molecule has 0 saturated heterocycles. The number of anilines is 1. The van der Waals surface area contributed by atoms with Crippen LogP contribution < -0.4 is 4.72 Å². The summed E-state index contributed by atoms with van der Waals surface area (Å²) < 4.78 is 27.3. The van der Waals surface area contributed by atoms with Gasteiger partial charge in [-0.25, -0.2) is 8.42 Å². The van der Waals surface area contributed by atoms with Crippen molar-refractivity contribution in [3.05, 3.63) is 40.2 Å². The average molecular weight is 316 g/mol. The topological polar surface area (TPSA) is 95.1 Å². The molecule has 0 atom stereocenters. The molecule has 0 unspecified atom stereocenters. The Morgan fingerprint density at radius 1 is 1.40 bits per heavy atom. The maximum absolute atomic E-state index is 12.4. The lowest BCUT2D eigenvalue weighted by molar-refractivity contribution is 0.273. The second-order valence-electron chi connectivity index (χ2n) is 4.30. The first kappa shape index (κ1) is 14.8. The molecule has 2 rings (SSSR count). The zero-order valence-electron chi connectivity index (χ0n) is 10.9. The number of aliphatic hydroxyl groups excluding tert-OH is 1. The van der Waals surface area contributed by atoms with Gasteiger partial charge in [-0.2, -0.15) is 5.10 Å². The number of nitrogens with one attached hydrogen (secondary N) is 2. The summed E-state index contributed by atoms with van der Waals surface area (Å²) >= 11 is 5.96. The third kappa shape index (κ3) is 2.65. The van der Waals surface area contributed by atoms with Crippen LogP contribution >= 0.6 is 11.6 Å². The largest absolute Gasteiger partial charge is 0.390 e. The van der Waals surface area contributed by atoms with Crippen LogP contribution in [0.3, 0.4) is 0 Å². The molecule has 6 nitrogen and oxygen atoms in total. The molecule has 1 heterocycles. The number of nitrogens with zero attached hydrogens (tertiary/aromatic N) is 1. The van der Waals surface area contributed by atoms with Crippen LogP contribution in [0.5, 0.6) is 0 Å². The molecule has 0 aliphatic heterocycles. The van der Waals surface area contributed by atoms with Gasteiger partial charge in [0.25, 0.3) is 10.0 Å². The zero-order chi connectivity index (χ0) is 14.9. The van der Waals surface area contributed by atoms with E-state index < -0.39 is 16.6 Å². The number of aromatic nitrogens is 2. The van der Waals surface area contributed by atoms with Gasteiger partial charge in [-0.05, 0) is 31.5 Å². The lowest BCUT2D eigenvalue weighted by Crippen LogP contribution is -2.16. The maximum Gasteiger partial charge on any atom is 0.265 e. The standard InChI is InChI=1S/C12H14ClN3O3S/c1-7-9(13)4-3-5-10(7)16-20(18,19)12-8(2)14-15-11(12)6-17/h3-5,16-17H,6H2,1-2H3,(H,14,15). The van der Waals surface area contributed by atoms with Crippen LogP contribution in [0.2, 0.25) is 5.02 Å². The van der Waals surface area contributed by atoms with E-state index in [-0.39, 0.29) is 10.6 Å². The van der Waals surface area contributed by atoms with E-state index >= 15 is 0 Å². The van der Waals surface area contributed by atoms with Crippen LogP contribution in [-0.2, 0) is 16.6 Å². The molecule has 108 valence electrons. The summed E-state index contributed by atoms with van der Waals surface area (Å²) in [4.78, 5) is -0.0422. The zero-order valence-corrected chi connectivity index (χ0v) is 12.5. The minimum atomic E-state index is -3.85. The molecule has 0 radical (unpaired) electrons. The van der Waals surface area contributed by atoms with Gasteiger partial charge >= 0.3 is 0 Å².